The molecule has 15 heavy (non-hydrogen) atoms. The minimum Gasteiger partial charge on any atom is -0.464 e. The zero-order valence-corrected chi connectivity index (χ0v) is 8.63. The van der Waals surface area contributed by atoms with Gasteiger partial charge in [-0.1, -0.05) is 18.2 Å². The van der Waals surface area contributed by atoms with Crippen molar-refractivity contribution in [1.82, 2.24) is 0 Å². The van der Waals surface area contributed by atoms with Crippen molar-refractivity contribution in [2.24, 2.45) is 0 Å². The summed E-state index contributed by atoms with van der Waals surface area (Å²) in [6.45, 7) is 2.48. The highest BCUT2D eigenvalue weighted by atomic mass is 16.5. The van der Waals surface area contributed by atoms with E-state index in [0.717, 1.165) is 25.9 Å². The number of anilines is 1. The van der Waals surface area contributed by atoms with Gasteiger partial charge in [0, 0.05) is 31.6 Å². The van der Waals surface area contributed by atoms with Gasteiger partial charge in [-0.15, -0.1) is 0 Å². The zero-order chi connectivity index (χ0) is 10.5. The van der Waals surface area contributed by atoms with E-state index in [1.807, 2.05) is 18.2 Å². The van der Waals surface area contributed by atoms with Gasteiger partial charge in [-0.2, -0.15) is 0 Å². The summed E-state index contributed by atoms with van der Waals surface area (Å²) in [5.41, 5.74) is 1.25. The van der Waals surface area contributed by atoms with Crippen molar-refractivity contribution in [1.29, 1.82) is 0 Å². The van der Waals surface area contributed by atoms with Crippen LogP contribution in [0.25, 0.3) is 0 Å². The number of carbonyl (C=O) groups is 1. The molecule has 2 rings (SSSR count). The summed E-state index contributed by atoms with van der Waals surface area (Å²) >= 11 is 0. The number of piperidine rings is 1. The molecule has 1 fully saturated rings. The summed E-state index contributed by atoms with van der Waals surface area (Å²) in [6.07, 6.45) is 1.96. The number of ether oxygens (including phenoxy) is 1. The minimum absolute atomic E-state index is 0.113. The molecule has 3 nitrogen and oxygen atoms in total. The quantitative estimate of drug-likeness (QED) is 0.705. The molecule has 0 N–H and O–H groups in total. The van der Waals surface area contributed by atoms with E-state index in [9.17, 15) is 4.79 Å². The van der Waals surface area contributed by atoms with Crippen LogP contribution >= 0.6 is 0 Å². The molecule has 80 valence electrons. The van der Waals surface area contributed by atoms with Gasteiger partial charge >= 0.3 is 0 Å². The van der Waals surface area contributed by atoms with Crippen LogP contribution in [-0.4, -0.2) is 25.7 Å². The highest BCUT2D eigenvalue weighted by Gasteiger charge is 2.19. The van der Waals surface area contributed by atoms with Crippen LogP contribution in [0.3, 0.4) is 0 Å². The maximum Gasteiger partial charge on any atom is 0.293 e. The lowest BCUT2D eigenvalue weighted by Gasteiger charge is -2.32. The molecule has 0 saturated carbocycles. The van der Waals surface area contributed by atoms with E-state index in [2.05, 4.69) is 17.0 Å². The van der Waals surface area contributed by atoms with Crippen LogP contribution in [0.1, 0.15) is 12.8 Å². The topological polar surface area (TPSA) is 29.5 Å². The standard InChI is InChI=1S/C12H15NO2/c14-10-15-12-6-8-13(9-7-12)11-4-2-1-3-5-11/h1-5,10,12H,6-9H2. The van der Waals surface area contributed by atoms with E-state index in [-0.39, 0.29) is 6.10 Å². The van der Waals surface area contributed by atoms with E-state index in [0.29, 0.717) is 6.47 Å². The van der Waals surface area contributed by atoms with Crippen molar-refractivity contribution in [2.75, 3.05) is 18.0 Å². The van der Waals surface area contributed by atoms with Crippen LogP contribution in [-0.2, 0) is 9.53 Å². The predicted octanol–water partition coefficient (Wildman–Crippen LogP) is 1.83. The second-order valence-electron chi connectivity index (χ2n) is 3.75. The Labute approximate surface area is 89.7 Å². The molecule has 1 aromatic carbocycles. The van der Waals surface area contributed by atoms with Crippen molar-refractivity contribution < 1.29 is 9.53 Å². The third-order valence-corrected chi connectivity index (χ3v) is 2.81. The number of rotatable bonds is 3. The van der Waals surface area contributed by atoms with Gasteiger partial charge in [0.1, 0.15) is 6.10 Å². The van der Waals surface area contributed by atoms with Crippen LogP contribution in [0.2, 0.25) is 0 Å². The van der Waals surface area contributed by atoms with Crippen molar-refractivity contribution in [3.8, 4) is 0 Å². The molecule has 0 aromatic heterocycles. The molecular weight excluding hydrogens is 190 g/mol. The first-order chi connectivity index (χ1) is 7.40. The number of hydrogen-bond donors (Lipinski definition) is 0. The third kappa shape index (κ3) is 2.49. The number of carbonyl (C=O) groups excluding carboxylic acids is 1. The third-order valence-electron chi connectivity index (χ3n) is 2.81. The number of nitrogens with zero attached hydrogens (tertiary/aromatic N) is 1. The summed E-state index contributed by atoms with van der Waals surface area (Å²) in [5.74, 6) is 0. The lowest BCUT2D eigenvalue weighted by Crippen LogP contribution is -2.36. The maximum absolute atomic E-state index is 10.2. The summed E-state index contributed by atoms with van der Waals surface area (Å²) in [4.78, 5) is 12.5. The Morgan fingerprint density at radius 3 is 2.47 bits per heavy atom. The van der Waals surface area contributed by atoms with Crippen LogP contribution in [0.4, 0.5) is 5.69 Å². The fourth-order valence-corrected chi connectivity index (χ4v) is 1.97. The Hall–Kier alpha value is -1.51. The molecule has 3 heteroatoms. The first-order valence-corrected chi connectivity index (χ1v) is 5.29. The van der Waals surface area contributed by atoms with E-state index < -0.39 is 0 Å². The van der Waals surface area contributed by atoms with Crippen LogP contribution in [0, 0.1) is 0 Å². The minimum atomic E-state index is 0.113. The largest absolute Gasteiger partial charge is 0.464 e. The SMILES string of the molecule is O=COC1CCN(c2ccccc2)CC1. The van der Waals surface area contributed by atoms with E-state index in [1.165, 1.54) is 5.69 Å². The molecule has 1 aromatic rings. The van der Waals surface area contributed by atoms with E-state index in [1.54, 1.807) is 0 Å². The lowest BCUT2D eigenvalue weighted by atomic mass is 10.1. The highest BCUT2D eigenvalue weighted by Crippen LogP contribution is 2.20. The second-order valence-corrected chi connectivity index (χ2v) is 3.75. The zero-order valence-electron chi connectivity index (χ0n) is 8.63. The molecule has 0 unspecified atom stereocenters. The van der Waals surface area contributed by atoms with Crippen LogP contribution < -0.4 is 4.90 Å². The second kappa shape index (κ2) is 4.82. The number of benzene rings is 1. The number of hydrogen-bond acceptors (Lipinski definition) is 3. The Bertz CT molecular complexity index is 305. The molecule has 0 radical (unpaired) electrons. The molecule has 1 aliphatic heterocycles. The molecule has 0 amide bonds. The Kier molecular flexibility index (Phi) is 3.22. The number of para-hydroxylation sites is 1. The fraction of sp³-hybridized carbons (Fsp3) is 0.417. The first-order valence-electron chi connectivity index (χ1n) is 5.29. The summed E-state index contributed by atoms with van der Waals surface area (Å²) in [5, 5.41) is 0. The molecule has 0 aliphatic carbocycles. The molecule has 1 aliphatic rings. The summed E-state index contributed by atoms with van der Waals surface area (Å²) in [6, 6.07) is 10.3. The van der Waals surface area contributed by atoms with Gasteiger partial charge in [0.15, 0.2) is 0 Å². The smallest absolute Gasteiger partial charge is 0.293 e. The van der Waals surface area contributed by atoms with Gasteiger partial charge in [0.2, 0.25) is 0 Å². The monoisotopic (exact) mass is 205 g/mol. The van der Waals surface area contributed by atoms with Crippen molar-refractivity contribution in [3.05, 3.63) is 30.3 Å². The lowest BCUT2D eigenvalue weighted by molar-refractivity contribution is -0.134. The van der Waals surface area contributed by atoms with Gasteiger partial charge in [-0.3, -0.25) is 4.79 Å². The molecule has 0 bridgehead atoms. The van der Waals surface area contributed by atoms with E-state index >= 15 is 0 Å². The molecule has 0 atom stereocenters. The van der Waals surface area contributed by atoms with E-state index in [4.69, 9.17) is 4.74 Å². The average Bonchev–Trinajstić information content (AvgIpc) is 2.32. The first kappa shape index (κ1) is 10.0. The Balaban J connectivity index is 1.91. The van der Waals surface area contributed by atoms with Gasteiger partial charge in [0.05, 0.1) is 0 Å². The maximum atomic E-state index is 10.2. The Morgan fingerprint density at radius 1 is 1.20 bits per heavy atom. The Morgan fingerprint density at radius 2 is 1.87 bits per heavy atom. The predicted molar refractivity (Wildman–Crippen MR) is 58.8 cm³/mol. The fourth-order valence-electron chi connectivity index (χ4n) is 1.97. The van der Waals surface area contributed by atoms with Crippen molar-refractivity contribution in [2.45, 2.75) is 18.9 Å². The van der Waals surface area contributed by atoms with Crippen LogP contribution in [0.5, 0.6) is 0 Å². The van der Waals surface area contributed by atoms with Gasteiger partial charge in [0.25, 0.3) is 6.47 Å². The molecule has 0 spiro atoms. The van der Waals surface area contributed by atoms with Crippen molar-refractivity contribution in [3.63, 3.8) is 0 Å². The molecular formula is C12H15NO2. The van der Waals surface area contributed by atoms with Crippen molar-refractivity contribution >= 4 is 12.2 Å². The van der Waals surface area contributed by atoms with Gasteiger partial charge in [-0.25, -0.2) is 0 Å². The van der Waals surface area contributed by atoms with Gasteiger partial charge < -0.3 is 9.64 Å². The molecule has 1 heterocycles. The highest BCUT2D eigenvalue weighted by molar-refractivity contribution is 5.46. The van der Waals surface area contributed by atoms with Gasteiger partial charge in [-0.05, 0) is 12.1 Å². The summed E-state index contributed by atoms with van der Waals surface area (Å²) in [7, 11) is 0. The summed E-state index contributed by atoms with van der Waals surface area (Å²) < 4.78 is 4.96. The average molecular weight is 205 g/mol. The van der Waals surface area contributed by atoms with Crippen LogP contribution in [0.15, 0.2) is 30.3 Å². The normalized spacial score (nSPS) is 17.5. The molecule has 1 saturated heterocycles.